The molecule has 6 heteroatoms. The molecule has 0 unspecified atom stereocenters. The average Bonchev–Trinajstić information content (AvgIpc) is 1.95. The molecular formula is C10H15N2O4+. The van der Waals surface area contributed by atoms with Crippen LogP contribution in [-0.4, -0.2) is 63.6 Å². The van der Waals surface area contributed by atoms with Crippen LogP contribution in [0.5, 0.6) is 0 Å². The zero-order valence-corrected chi connectivity index (χ0v) is 9.09. The van der Waals surface area contributed by atoms with Crippen molar-refractivity contribution in [3.8, 4) is 0 Å². The molecule has 0 aromatic heterocycles. The largest absolute Gasteiger partial charge is 0.481 e. The quantitative estimate of drug-likeness (QED) is 0.474. The highest BCUT2D eigenvalue weighted by molar-refractivity contribution is 5.80. The van der Waals surface area contributed by atoms with Crippen molar-refractivity contribution in [1.82, 2.24) is 4.90 Å². The van der Waals surface area contributed by atoms with E-state index in [1.54, 1.807) is 0 Å². The van der Waals surface area contributed by atoms with Gasteiger partial charge in [0.2, 0.25) is 5.84 Å². The van der Waals surface area contributed by atoms with Crippen molar-refractivity contribution in [1.29, 1.82) is 0 Å². The van der Waals surface area contributed by atoms with Crippen molar-refractivity contribution < 1.29 is 24.4 Å². The maximum atomic E-state index is 10.6. The molecular weight excluding hydrogens is 212 g/mol. The molecule has 6 nitrogen and oxygen atoms in total. The summed E-state index contributed by atoms with van der Waals surface area (Å²) in [5, 5.41) is 17.5. The van der Waals surface area contributed by atoms with Crippen LogP contribution in [0.4, 0.5) is 0 Å². The lowest BCUT2D eigenvalue weighted by molar-refractivity contribution is -0.603. The Hall–Kier alpha value is -1.59. The van der Waals surface area contributed by atoms with E-state index in [1.807, 2.05) is 16.4 Å². The van der Waals surface area contributed by atoms with Crippen molar-refractivity contribution >= 4 is 17.8 Å². The Morgan fingerprint density at radius 3 is 2.06 bits per heavy atom. The summed E-state index contributed by atoms with van der Waals surface area (Å²) < 4.78 is 1.98. The van der Waals surface area contributed by atoms with Gasteiger partial charge in [-0.2, -0.15) is 0 Å². The van der Waals surface area contributed by atoms with Crippen LogP contribution < -0.4 is 0 Å². The molecule has 2 aliphatic heterocycles. The first-order valence-corrected chi connectivity index (χ1v) is 5.28. The first-order chi connectivity index (χ1) is 7.49. The van der Waals surface area contributed by atoms with Gasteiger partial charge in [-0.15, -0.1) is 0 Å². The van der Waals surface area contributed by atoms with Crippen molar-refractivity contribution in [2.24, 2.45) is 11.8 Å². The summed E-state index contributed by atoms with van der Waals surface area (Å²) >= 11 is 0. The number of hydrogen-bond donors (Lipinski definition) is 2. The topological polar surface area (TPSA) is 80.9 Å². The van der Waals surface area contributed by atoms with Gasteiger partial charge in [0, 0.05) is 6.92 Å². The number of rotatable bonds is 2. The lowest BCUT2D eigenvalue weighted by Crippen LogP contribution is -2.57. The number of nitrogens with zero attached hydrogens (tertiary/aromatic N) is 2. The zero-order chi connectivity index (χ0) is 11.9. The van der Waals surface area contributed by atoms with Gasteiger partial charge in [0.15, 0.2) is 0 Å². The number of carboxylic acids is 2. The predicted molar refractivity (Wildman–Crippen MR) is 54.5 cm³/mol. The van der Waals surface area contributed by atoms with Gasteiger partial charge in [-0.1, -0.05) is 0 Å². The van der Waals surface area contributed by atoms with Gasteiger partial charge in [0.25, 0.3) is 0 Å². The minimum atomic E-state index is -0.754. The molecule has 0 spiro atoms. The molecule has 0 bridgehead atoms. The second-order valence-corrected chi connectivity index (χ2v) is 4.43. The monoisotopic (exact) mass is 227 g/mol. The Morgan fingerprint density at radius 2 is 1.62 bits per heavy atom. The van der Waals surface area contributed by atoms with Crippen LogP contribution in [0.15, 0.2) is 0 Å². The fourth-order valence-electron chi connectivity index (χ4n) is 2.00. The maximum absolute atomic E-state index is 10.6. The number of hydrogen-bond acceptors (Lipinski definition) is 2. The Morgan fingerprint density at radius 1 is 1.12 bits per heavy atom. The summed E-state index contributed by atoms with van der Waals surface area (Å²) in [6.45, 7) is 4.06. The van der Waals surface area contributed by atoms with Crippen LogP contribution in [0, 0.1) is 11.8 Å². The van der Waals surface area contributed by atoms with Crippen molar-refractivity contribution in [2.45, 2.75) is 6.92 Å². The normalized spacial score (nSPS) is 24.7. The lowest BCUT2D eigenvalue weighted by atomic mass is 9.99. The zero-order valence-electron chi connectivity index (χ0n) is 9.09. The fraction of sp³-hybridized carbons (Fsp3) is 0.700. The summed E-state index contributed by atoms with van der Waals surface area (Å²) in [6, 6.07) is 0. The molecule has 0 radical (unpaired) electrons. The molecule has 88 valence electrons. The highest BCUT2D eigenvalue weighted by Gasteiger charge is 2.42. The number of carbonyl (C=O) groups is 2. The molecule has 0 aromatic carbocycles. The van der Waals surface area contributed by atoms with E-state index in [9.17, 15) is 9.59 Å². The van der Waals surface area contributed by atoms with E-state index < -0.39 is 11.9 Å². The van der Waals surface area contributed by atoms with Crippen LogP contribution in [0.1, 0.15) is 6.92 Å². The first-order valence-electron chi connectivity index (χ1n) is 5.28. The van der Waals surface area contributed by atoms with E-state index in [2.05, 4.69) is 0 Å². The molecule has 0 saturated carbocycles. The average molecular weight is 227 g/mol. The molecule has 2 fully saturated rings. The maximum Gasteiger partial charge on any atom is 0.314 e. The van der Waals surface area contributed by atoms with Crippen LogP contribution in [0.3, 0.4) is 0 Å². The third kappa shape index (κ3) is 1.75. The van der Waals surface area contributed by atoms with Crippen LogP contribution in [0.2, 0.25) is 0 Å². The molecule has 2 aliphatic rings. The van der Waals surface area contributed by atoms with E-state index >= 15 is 0 Å². The summed E-state index contributed by atoms with van der Waals surface area (Å²) in [7, 11) is 0. The molecule has 2 heterocycles. The lowest BCUT2D eigenvalue weighted by Gasteiger charge is -2.35. The molecule has 16 heavy (non-hydrogen) atoms. The van der Waals surface area contributed by atoms with E-state index in [0.717, 1.165) is 5.84 Å². The fourth-order valence-corrected chi connectivity index (χ4v) is 2.00. The molecule has 2 rings (SSSR count). The van der Waals surface area contributed by atoms with E-state index in [4.69, 9.17) is 10.2 Å². The van der Waals surface area contributed by atoms with Gasteiger partial charge in [-0.05, 0) is 0 Å². The van der Waals surface area contributed by atoms with Gasteiger partial charge in [0.1, 0.15) is 38.0 Å². The second kappa shape index (κ2) is 3.77. The number of carboxylic acid groups (broad SMARTS) is 2. The van der Waals surface area contributed by atoms with Crippen LogP contribution in [0.25, 0.3) is 0 Å². The Balaban J connectivity index is 1.87. The van der Waals surface area contributed by atoms with Gasteiger partial charge in [0.05, 0.1) is 0 Å². The smallest absolute Gasteiger partial charge is 0.314 e. The molecule has 2 saturated heterocycles. The summed E-state index contributed by atoms with van der Waals surface area (Å²) in [5.41, 5.74) is 0. The van der Waals surface area contributed by atoms with Gasteiger partial charge < -0.3 is 10.2 Å². The van der Waals surface area contributed by atoms with Crippen LogP contribution >= 0.6 is 0 Å². The van der Waals surface area contributed by atoms with E-state index in [1.165, 1.54) is 0 Å². The Labute approximate surface area is 92.8 Å². The minimum Gasteiger partial charge on any atom is -0.481 e. The number of likely N-dealkylation sites (tertiary alicyclic amines) is 1. The molecule has 0 atom stereocenters. The first kappa shape index (κ1) is 10.9. The predicted octanol–water partition coefficient (Wildman–Crippen LogP) is -0.852. The SMILES string of the molecule is CC(N1CC(C(=O)O)C1)=[N+]1CC(C(=O)O)C1. The van der Waals surface area contributed by atoms with Crippen molar-refractivity contribution in [2.75, 3.05) is 26.2 Å². The number of aliphatic carboxylic acids is 2. The number of amidine groups is 1. The standard InChI is InChI=1S/C10H14N2O4/c1-6(11-2-7(3-11)9(13)14)12-4-8(5-12)10(15)16/h7-8H,2-5H2,1H3,(H-,13,14,15,16)/p+1. The van der Waals surface area contributed by atoms with Gasteiger partial charge in [-0.3, -0.25) is 19.1 Å². The van der Waals surface area contributed by atoms with Crippen molar-refractivity contribution in [3.63, 3.8) is 0 Å². The summed E-state index contributed by atoms with van der Waals surface area (Å²) in [6.07, 6.45) is 0. The molecule has 0 amide bonds. The highest BCUT2D eigenvalue weighted by Crippen LogP contribution is 2.18. The third-order valence-electron chi connectivity index (χ3n) is 3.38. The van der Waals surface area contributed by atoms with Crippen LogP contribution in [-0.2, 0) is 9.59 Å². The van der Waals surface area contributed by atoms with Gasteiger partial charge >= 0.3 is 11.9 Å². The highest BCUT2D eigenvalue weighted by atomic mass is 16.4. The third-order valence-corrected chi connectivity index (χ3v) is 3.38. The molecule has 0 aromatic rings. The second-order valence-electron chi connectivity index (χ2n) is 4.43. The molecule has 0 aliphatic carbocycles. The summed E-state index contributed by atoms with van der Waals surface area (Å²) in [5.74, 6) is -1.06. The van der Waals surface area contributed by atoms with E-state index in [0.29, 0.717) is 26.2 Å². The van der Waals surface area contributed by atoms with Crippen molar-refractivity contribution in [3.05, 3.63) is 0 Å². The minimum absolute atomic E-state index is 0.272. The Kier molecular flexibility index (Phi) is 2.57. The Bertz CT molecular complexity index is 363. The summed E-state index contributed by atoms with van der Waals surface area (Å²) in [4.78, 5) is 23.2. The molecule has 2 N–H and O–H groups in total. The van der Waals surface area contributed by atoms with E-state index in [-0.39, 0.29) is 11.8 Å². The van der Waals surface area contributed by atoms with Gasteiger partial charge in [-0.25, -0.2) is 0 Å².